The third-order valence-electron chi connectivity index (χ3n) is 4.36. The lowest BCUT2D eigenvalue weighted by molar-refractivity contribution is -0.121. The van der Waals surface area contributed by atoms with Crippen LogP contribution in [-0.2, 0) is 4.79 Å². The van der Waals surface area contributed by atoms with Crippen LogP contribution in [-0.4, -0.2) is 44.3 Å². The Morgan fingerprint density at radius 3 is 2.22 bits per heavy atom. The highest BCUT2D eigenvalue weighted by atomic mass is 35.5. The quantitative estimate of drug-likeness (QED) is 0.665. The monoisotopic (exact) mass is 388 g/mol. The molecular formula is C21H25ClN2O3. The lowest BCUT2D eigenvalue weighted by atomic mass is 10.0. The summed E-state index contributed by atoms with van der Waals surface area (Å²) in [6.45, 7) is 0.466. The van der Waals surface area contributed by atoms with Gasteiger partial charge in [0.2, 0.25) is 5.91 Å². The number of Topliss-reactive ketones (excluding diaryl/α,β-unsaturated/α-hetero) is 1. The second-order valence-corrected chi connectivity index (χ2v) is 6.92. The zero-order valence-electron chi connectivity index (χ0n) is 15.9. The number of benzene rings is 2. The van der Waals surface area contributed by atoms with Crippen LogP contribution >= 0.6 is 11.6 Å². The summed E-state index contributed by atoms with van der Waals surface area (Å²) < 4.78 is 5.18. The van der Waals surface area contributed by atoms with Crippen LogP contribution in [0.25, 0.3) is 0 Å². The van der Waals surface area contributed by atoms with E-state index in [-0.39, 0.29) is 30.6 Å². The molecule has 0 spiro atoms. The highest BCUT2D eigenvalue weighted by Gasteiger charge is 2.16. The predicted molar refractivity (Wildman–Crippen MR) is 107 cm³/mol. The van der Waals surface area contributed by atoms with Gasteiger partial charge in [-0.15, -0.1) is 0 Å². The van der Waals surface area contributed by atoms with E-state index in [9.17, 15) is 9.59 Å². The van der Waals surface area contributed by atoms with Crippen molar-refractivity contribution in [3.63, 3.8) is 0 Å². The van der Waals surface area contributed by atoms with E-state index in [4.69, 9.17) is 16.3 Å². The molecule has 0 aliphatic rings. The van der Waals surface area contributed by atoms with Gasteiger partial charge >= 0.3 is 0 Å². The number of likely N-dealkylation sites (N-methyl/N-ethyl adjacent to an activating group) is 1. The molecule has 0 aliphatic heterocycles. The van der Waals surface area contributed by atoms with Crippen molar-refractivity contribution in [2.24, 2.45) is 0 Å². The van der Waals surface area contributed by atoms with E-state index in [1.165, 1.54) is 0 Å². The molecule has 0 heterocycles. The molecule has 5 nitrogen and oxygen atoms in total. The van der Waals surface area contributed by atoms with Crippen molar-refractivity contribution in [1.82, 2.24) is 10.2 Å². The number of rotatable bonds is 9. The number of nitrogens with zero attached hydrogens (tertiary/aromatic N) is 1. The maximum atomic E-state index is 12.2. The third-order valence-corrected chi connectivity index (χ3v) is 4.61. The van der Waals surface area contributed by atoms with E-state index < -0.39 is 0 Å². The SMILES string of the molecule is COc1ccc(C(CNC(=O)CCC(=O)c2ccc(Cl)cc2)N(C)C)cc1. The van der Waals surface area contributed by atoms with Gasteiger partial charge in [-0.25, -0.2) is 0 Å². The number of nitrogens with one attached hydrogen (secondary N) is 1. The first-order chi connectivity index (χ1) is 12.9. The minimum Gasteiger partial charge on any atom is -0.497 e. The summed E-state index contributed by atoms with van der Waals surface area (Å²) in [5.74, 6) is 0.583. The van der Waals surface area contributed by atoms with Gasteiger partial charge in [-0.05, 0) is 56.1 Å². The summed E-state index contributed by atoms with van der Waals surface area (Å²) in [5, 5.41) is 3.50. The first-order valence-electron chi connectivity index (χ1n) is 8.76. The topological polar surface area (TPSA) is 58.6 Å². The highest BCUT2D eigenvalue weighted by molar-refractivity contribution is 6.30. The Morgan fingerprint density at radius 2 is 1.67 bits per heavy atom. The smallest absolute Gasteiger partial charge is 0.220 e. The summed E-state index contributed by atoms with van der Waals surface area (Å²) in [5.41, 5.74) is 1.65. The van der Waals surface area contributed by atoms with Gasteiger partial charge in [-0.1, -0.05) is 23.7 Å². The molecule has 0 bridgehead atoms. The van der Waals surface area contributed by atoms with Crippen molar-refractivity contribution in [2.45, 2.75) is 18.9 Å². The standard InChI is InChI=1S/C21H25ClN2O3/c1-24(2)19(15-6-10-18(27-3)11-7-15)14-23-21(26)13-12-20(25)16-4-8-17(22)9-5-16/h4-11,19H,12-14H2,1-3H3,(H,23,26). The summed E-state index contributed by atoms with van der Waals surface area (Å²) in [6, 6.07) is 14.5. The molecule has 27 heavy (non-hydrogen) atoms. The number of ketones is 1. The maximum Gasteiger partial charge on any atom is 0.220 e. The van der Waals surface area contributed by atoms with E-state index >= 15 is 0 Å². The zero-order valence-corrected chi connectivity index (χ0v) is 16.6. The first-order valence-corrected chi connectivity index (χ1v) is 9.14. The second kappa shape index (κ2) is 10.1. The van der Waals surface area contributed by atoms with Gasteiger partial charge in [0.25, 0.3) is 0 Å². The van der Waals surface area contributed by atoms with E-state index in [1.807, 2.05) is 43.3 Å². The lowest BCUT2D eigenvalue weighted by Gasteiger charge is -2.25. The Labute approximate surface area is 165 Å². The largest absolute Gasteiger partial charge is 0.497 e. The predicted octanol–water partition coefficient (Wildman–Crippen LogP) is 3.73. The van der Waals surface area contributed by atoms with Gasteiger partial charge in [0.1, 0.15) is 5.75 Å². The number of carbonyl (C=O) groups is 2. The fraction of sp³-hybridized carbons (Fsp3) is 0.333. The molecule has 0 aromatic heterocycles. The molecule has 0 saturated heterocycles. The van der Waals surface area contributed by atoms with Crippen LogP contribution in [0.5, 0.6) is 5.75 Å². The highest BCUT2D eigenvalue weighted by Crippen LogP contribution is 2.20. The van der Waals surface area contributed by atoms with Gasteiger partial charge in [-0.3, -0.25) is 9.59 Å². The Hall–Kier alpha value is -2.37. The average Bonchev–Trinajstić information content (AvgIpc) is 2.67. The van der Waals surface area contributed by atoms with Crippen LogP contribution in [0.3, 0.4) is 0 Å². The van der Waals surface area contributed by atoms with Crippen LogP contribution in [0.4, 0.5) is 0 Å². The number of hydrogen-bond donors (Lipinski definition) is 1. The number of methoxy groups -OCH3 is 1. The third kappa shape index (κ3) is 6.38. The fourth-order valence-electron chi connectivity index (χ4n) is 2.73. The number of halogens is 1. The van der Waals surface area contributed by atoms with Crippen LogP contribution in [0.2, 0.25) is 5.02 Å². The molecule has 2 aromatic carbocycles. The van der Waals surface area contributed by atoms with Crippen molar-refractivity contribution in [1.29, 1.82) is 0 Å². The molecule has 1 unspecified atom stereocenters. The van der Waals surface area contributed by atoms with E-state index in [1.54, 1.807) is 31.4 Å². The molecule has 1 amide bonds. The Balaban J connectivity index is 1.86. The molecule has 6 heteroatoms. The van der Waals surface area contributed by atoms with Gasteiger partial charge in [-0.2, -0.15) is 0 Å². The number of ether oxygens (including phenoxy) is 1. The average molecular weight is 389 g/mol. The molecule has 0 radical (unpaired) electrons. The van der Waals surface area contributed by atoms with Gasteiger partial charge < -0.3 is 15.0 Å². The lowest BCUT2D eigenvalue weighted by Crippen LogP contribution is -2.34. The molecule has 2 aromatic rings. The maximum absolute atomic E-state index is 12.2. The molecule has 1 atom stereocenters. The summed E-state index contributed by atoms with van der Waals surface area (Å²) in [7, 11) is 5.56. The minimum absolute atomic E-state index is 0.0341. The number of hydrogen-bond acceptors (Lipinski definition) is 4. The number of amides is 1. The van der Waals surface area contributed by atoms with Crippen molar-refractivity contribution in [2.75, 3.05) is 27.7 Å². The number of carbonyl (C=O) groups excluding carboxylic acids is 2. The van der Waals surface area contributed by atoms with Crippen LogP contribution in [0.15, 0.2) is 48.5 Å². The first kappa shape index (κ1) is 20.9. The molecule has 0 fully saturated rings. The van der Waals surface area contributed by atoms with E-state index in [0.717, 1.165) is 11.3 Å². The van der Waals surface area contributed by atoms with Crippen LogP contribution in [0, 0.1) is 0 Å². The molecular weight excluding hydrogens is 364 g/mol. The molecule has 0 saturated carbocycles. The van der Waals surface area contributed by atoms with Crippen LogP contribution < -0.4 is 10.1 Å². The summed E-state index contributed by atoms with van der Waals surface area (Å²) in [6.07, 6.45) is 0.326. The Morgan fingerprint density at radius 1 is 1.04 bits per heavy atom. The van der Waals surface area contributed by atoms with Crippen molar-refractivity contribution < 1.29 is 14.3 Å². The molecule has 0 aliphatic carbocycles. The summed E-state index contributed by atoms with van der Waals surface area (Å²) >= 11 is 5.82. The second-order valence-electron chi connectivity index (χ2n) is 6.49. The van der Waals surface area contributed by atoms with E-state index in [0.29, 0.717) is 17.1 Å². The Bertz CT molecular complexity index is 758. The van der Waals surface area contributed by atoms with Crippen molar-refractivity contribution in [3.8, 4) is 5.75 Å². The molecule has 2 rings (SSSR count). The fourth-order valence-corrected chi connectivity index (χ4v) is 2.86. The normalized spacial score (nSPS) is 11.9. The van der Waals surface area contributed by atoms with Gasteiger partial charge in [0.05, 0.1) is 13.2 Å². The minimum atomic E-state index is -0.141. The summed E-state index contributed by atoms with van der Waals surface area (Å²) in [4.78, 5) is 26.4. The molecule has 1 N–H and O–H groups in total. The van der Waals surface area contributed by atoms with Crippen LogP contribution in [0.1, 0.15) is 34.8 Å². The van der Waals surface area contributed by atoms with Crippen molar-refractivity contribution >= 4 is 23.3 Å². The van der Waals surface area contributed by atoms with Gasteiger partial charge in [0.15, 0.2) is 5.78 Å². The van der Waals surface area contributed by atoms with E-state index in [2.05, 4.69) is 5.32 Å². The zero-order chi connectivity index (χ0) is 19.8. The van der Waals surface area contributed by atoms with Crippen molar-refractivity contribution in [3.05, 3.63) is 64.7 Å². The van der Waals surface area contributed by atoms with Gasteiger partial charge in [0, 0.05) is 30.0 Å². The Kier molecular flexibility index (Phi) is 7.82. The molecule has 144 valence electrons.